The van der Waals surface area contributed by atoms with Crippen LogP contribution in [0.1, 0.15) is 5.56 Å². The minimum Gasteiger partial charge on any atom is -0.508 e. The maximum atomic E-state index is 9.30. The van der Waals surface area contributed by atoms with Gasteiger partial charge in [0, 0.05) is 16.6 Å². The summed E-state index contributed by atoms with van der Waals surface area (Å²) in [5.41, 5.74) is 3.26. The van der Waals surface area contributed by atoms with E-state index in [1.807, 2.05) is 6.07 Å². The van der Waals surface area contributed by atoms with Crippen LogP contribution in [0.5, 0.6) is 5.75 Å². The lowest BCUT2D eigenvalue weighted by atomic mass is 10.2. The van der Waals surface area contributed by atoms with Crippen LogP contribution in [0.3, 0.4) is 0 Å². The van der Waals surface area contributed by atoms with Crippen LogP contribution in [-0.2, 0) is 6.54 Å². The van der Waals surface area contributed by atoms with Crippen LogP contribution in [0.25, 0.3) is 0 Å². The molecule has 0 spiro atoms. The van der Waals surface area contributed by atoms with Crippen molar-refractivity contribution in [3.8, 4) is 5.75 Å². The van der Waals surface area contributed by atoms with Gasteiger partial charge < -0.3 is 5.11 Å². The predicted octanol–water partition coefficient (Wildman–Crippen LogP) is 1.12. The Labute approximate surface area is 73.3 Å². The second-order valence-electron chi connectivity index (χ2n) is 2.15. The van der Waals surface area contributed by atoms with Crippen LogP contribution in [0.2, 0.25) is 0 Å². The minimum absolute atomic E-state index is 0.248. The average Bonchev–Trinajstić information content (AvgIpc) is 1.95. The molecular weight excluding hydrogens is 208 g/mol. The van der Waals surface area contributed by atoms with E-state index < -0.39 is 0 Å². The van der Waals surface area contributed by atoms with E-state index in [1.54, 1.807) is 12.1 Å². The Balaban J connectivity index is 2.90. The van der Waals surface area contributed by atoms with Gasteiger partial charge in [-0.1, -0.05) is 22.0 Å². The highest BCUT2D eigenvalue weighted by Crippen LogP contribution is 2.21. The maximum absolute atomic E-state index is 9.30. The number of hydrogen-bond acceptors (Lipinski definition) is 3. The summed E-state index contributed by atoms with van der Waals surface area (Å²) < 4.78 is 0.857. The van der Waals surface area contributed by atoms with Crippen molar-refractivity contribution in [3.63, 3.8) is 0 Å². The van der Waals surface area contributed by atoms with Crippen molar-refractivity contribution in [1.29, 1.82) is 0 Å². The van der Waals surface area contributed by atoms with Crippen molar-refractivity contribution in [2.75, 3.05) is 0 Å². The smallest absolute Gasteiger partial charge is 0.121 e. The lowest BCUT2D eigenvalue weighted by molar-refractivity contribution is 0.464. The van der Waals surface area contributed by atoms with E-state index in [4.69, 9.17) is 5.84 Å². The molecule has 60 valence electrons. The SMILES string of the molecule is NNCc1ccc(Br)cc1O. The van der Waals surface area contributed by atoms with Gasteiger partial charge >= 0.3 is 0 Å². The molecule has 0 radical (unpaired) electrons. The van der Waals surface area contributed by atoms with Gasteiger partial charge in [0.05, 0.1) is 0 Å². The number of hydrogen-bond donors (Lipinski definition) is 3. The lowest BCUT2D eigenvalue weighted by Gasteiger charge is -2.02. The zero-order chi connectivity index (χ0) is 8.27. The van der Waals surface area contributed by atoms with Crippen LogP contribution in [0.4, 0.5) is 0 Å². The van der Waals surface area contributed by atoms with Gasteiger partial charge in [0.2, 0.25) is 0 Å². The zero-order valence-corrected chi connectivity index (χ0v) is 7.43. The Hall–Kier alpha value is -0.580. The number of phenols is 1. The number of benzene rings is 1. The topological polar surface area (TPSA) is 58.3 Å². The monoisotopic (exact) mass is 216 g/mol. The number of aromatic hydroxyl groups is 1. The molecular formula is C7H9BrN2O. The number of nitrogens with two attached hydrogens (primary N) is 1. The highest BCUT2D eigenvalue weighted by atomic mass is 79.9. The first-order valence-corrected chi connectivity index (χ1v) is 3.94. The van der Waals surface area contributed by atoms with Crippen molar-refractivity contribution >= 4 is 15.9 Å². The van der Waals surface area contributed by atoms with E-state index in [9.17, 15) is 5.11 Å². The first-order chi connectivity index (χ1) is 5.24. The molecule has 0 aliphatic carbocycles. The third-order valence-electron chi connectivity index (χ3n) is 1.34. The van der Waals surface area contributed by atoms with Crippen molar-refractivity contribution in [2.24, 2.45) is 5.84 Å². The summed E-state index contributed by atoms with van der Waals surface area (Å²) in [6.45, 7) is 0.471. The van der Waals surface area contributed by atoms with E-state index in [-0.39, 0.29) is 5.75 Å². The van der Waals surface area contributed by atoms with Crippen molar-refractivity contribution in [1.82, 2.24) is 5.43 Å². The van der Waals surface area contributed by atoms with Gasteiger partial charge in [-0.15, -0.1) is 0 Å². The summed E-state index contributed by atoms with van der Waals surface area (Å²) in [5, 5.41) is 9.30. The van der Waals surface area contributed by atoms with Gasteiger partial charge in [-0.3, -0.25) is 11.3 Å². The van der Waals surface area contributed by atoms with Gasteiger partial charge in [0.25, 0.3) is 0 Å². The molecule has 0 aliphatic heterocycles. The number of hydrazine groups is 1. The van der Waals surface area contributed by atoms with E-state index in [0.29, 0.717) is 6.54 Å². The van der Waals surface area contributed by atoms with Crippen LogP contribution in [-0.4, -0.2) is 5.11 Å². The quantitative estimate of drug-likeness (QED) is 0.513. The second kappa shape index (κ2) is 3.71. The predicted molar refractivity (Wildman–Crippen MR) is 46.8 cm³/mol. The summed E-state index contributed by atoms with van der Waals surface area (Å²) in [7, 11) is 0. The summed E-state index contributed by atoms with van der Waals surface area (Å²) in [6, 6.07) is 5.29. The molecule has 11 heavy (non-hydrogen) atoms. The van der Waals surface area contributed by atoms with Gasteiger partial charge in [0.15, 0.2) is 0 Å². The molecule has 1 aromatic rings. The van der Waals surface area contributed by atoms with Crippen molar-refractivity contribution in [3.05, 3.63) is 28.2 Å². The zero-order valence-electron chi connectivity index (χ0n) is 5.84. The Morgan fingerprint density at radius 2 is 2.27 bits per heavy atom. The number of halogens is 1. The molecule has 0 saturated carbocycles. The molecule has 4 N–H and O–H groups in total. The molecule has 0 unspecified atom stereocenters. The molecule has 0 fully saturated rings. The van der Waals surface area contributed by atoms with Gasteiger partial charge in [-0.25, -0.2) is 0 Å². The third kappa shape index (κ3) is 2.18. The molecule has 3 nitrogen and oxygen atoms in total. The molecule has 1 rings (SSSR count). The van der Waals surface area contributed by atoms with Gasteiger partial charge in [0.1, 0.15) is 5.75 Å². The molecule has 1 aromatic carbocycles. The largest absolute Gasteiger partial charge is 0.508 e. The highest BCUT2D eigenvalue weighted by Gasteiger charge is 1.98. The third-order valence-corrected chi connectivity index (χ3v) is 1.83. The molecule has 0 aromatic heterocycles. The molecule has 0 aliphatic rings. The molecule has 0 heterocycles. The number of rotatable bonds is 2. The van der Waals surface area contributed by atoms with Gasteiger partial charge in [-0.05, 0) is 12.1 Å². The Morgan fingerprint density at radius 1 is 1.55 bits per heavy atom. The normalized spacial score (nSPS) is 10.0. The first-order valence-electron chi connectivity index (χ1n) is 3.15. The van der Waals surface area contributed by atoms with E-state index in [2.05, 4.69) is 21.4 Å². The van der Waals surface area contributed by atoms with Crippen LogP contribution < -0.4 is 11.3 Å². The fraction of sp³-hybridized carbons (Fsp3) is 0.143. The average molecular weight is 217 g/mol. The first kappa shape index (κ1) is 8.52. The standard InChI is InChI=1S/C7H9BrN2O/c8-6-2-1-5(4-10-9)7(11)3-6/h1-3,10-11H,4,9H2. The molecule has 4 heteroatoms. The Bertz CT molecular complexity index is 252. The van der Waals surface area contributed by atoms with Crippen LogP contribution in [0.15, 0.2) is 22.7 Å². The second-order valence-corrected chi connectivity index (χ2v) is 3.07. The van der Waals surface area contributed by atoms with Crippen LogP contribution in [0, 0.1) is 0 Å². The van der Waals surface area contributed by atoms with Crippen molar-refractivity contribution < 1.29 is 5.11 Å². The minimum atomic E-state index is 0.248. The summed E-state index contributed by atoms with van der Waals surface area (Å²) in [4.78, 5) is 0. The fourth-order valence-electron chi connectivity index (χ4n) is 0.796. The van der Waals surface area contributed by atoms with E-state index in [1.165, 1.54) is 0 Å². The summed E-state index contributed by atoms with van der Waals surface area (Å²) >= 11 is 3.24. The van der Waals surface area contributed by atoms with E-state index in [0.717, 1.165) is 10.0 Å². The lowest BCUT2D eigenvalue weighted by Crippen LogP contribution is -2.20. The molecule has 0 amide bonds. The van der Waals surface area contributed by atoms with E-state index >= 15 is 0 Å². The highest BCUT2D eigenvalue weighted by molar-refractivity contribution is 9.10. The van der Waals surface area contributed by atoms with Crippen molar-refractivity contribution in [2.45, 2.75) is 6.54 Å². The molecule has 0 saturated heterocycles. The molecule has 0 bridgehead atoms. The Morgan fingerprint density at radius 3 is 2.82 bits per heavy atom. The fourth-order valence-corrected chi connectivity index (χ4v) is 1.15. The van der Waals surface area contributed by atoms with Crippen LogP contribution >= 0.6 is 15.9 Å². The molecule has 0 atom stereocenters. The van der Waals surface area contributed by atoms with Gasteiger partial charge in [-0.2, -0.15) is 0 Å². The maximum Gasteiger partial charge on any atom is 0.121 e. The number of phenolic OH excluding ortho intramolecular Hbond substituents is 1. The summed E-state index contributed by atoms with van der Waals surface area (Å²) in [5.74, 6) is 5.34. The summed E-state index contributed by atoms with van der Waals surface area (Å²) in [6.07, 6.45) is 0. The Kier molecular flexibility index (Phi) is 2.87. The number of nitrogens with one attached hydrogen (secondary N) is 1.